The molecule has 12 heteroatoms. The van der Waals surface area contributed by atoms with Crippen LogP contribution < -0.4 is 51.4 Å². The maximum atomic E-state index is 13.0. The molecular weight excluding hydrogens is 1000 g/mol. The van der Waals surface area contributed by atoms with E-state index in [0.717, 1.165) is 176 Å². The van der Waals surface area contributed by atoms with E-state index in [0.29, 0.717) is 24.2 Å². The lowest BCUT2D eigenvalue weighted by atomic mass is 10.0. The molecule has 0 atom stereocenters. The van der Waals surface area contributed by atoms with Crippen molar-refractivity contribution in [3.8, 4) is 34.1 Å². The summed E-state index contributed by atoms with van der Waals surface area (Å²) in [6, 6.07) is 52.5. The van der Waals surface area contributed by atoms with Crippen molar-refractivity contribution < 1.29 is 18.7 Å². The molecule has 0 unspecified atom stereocenters. The Labute approximate surface area is 475 Å². The first-order valence-electron chi connectivity index (χ1n) is 28.5. The highest BCUT2D eigenvalue weighted by molar-refractivity contribution is 5.95. The van der Waals surface area contributed by atoms with E-state index < -0.39 is 0 Å². The van der Waals surface area contributed by atoms with E-state index in [1.54, 1.807) is 0 Å². The molecule has 3 aliphatic rings. The van der Waals surface area contributed by atoms with Crippen LogP contribution in [0.2, 0.25) is 0 Å². The van der Waals surface area contributed by atoms with Gasteiger partial charge < -0.3 is 35.3 Å². The molecule has 12 nitrogen and oxygen atoms in total. The molecule has 4 N–H and O–H groups in total. The first-order valence-corrected chi connectivity index (χ1v) is 28.5. The number of nitrogens with zero attached hydrogens (tertiary/aromatic N) is 4. The third-order valence-electron chi connectivity index (χ3n) is 15.2. The van der Waals surface area contributed by atoms with E-state index in [9.17, 15) is 9.59 Å². The quantitative estimate of drug-likeness (QED) is 0.0299. The smallest absolute Gasteiger partial charge is 0.251 e. The van der Waals surface area contributed by atoms with Gasteiger partial charge in [-0.3, -0.25) is 9.59 Å². The third-order valence-corrected chi connectivity index (χ3v) is 15.2. The molecule has 0 radical (unpaired) electrons. The van der Waals surface area contributed by atoms with Crippen molar-refractivity contribution in [2.45, 2.75) is 79.1 Å². The summed E-state index contributed by atoms with van der Waals surface area (Å²) >= 11 is 0. The van der Waals surface area contributed by atoms with Gasteiger partial charge in [-0.15, -0.1) is 0 Å². The van der Waals surface area contributed by atoms with Crippen LogP contribution in [0.1, 0.15) is 94.3 Å². The van der Waals surface area contributed by atoms with Gasteiger partial charge in [-0.2, -0.15) is 4.58 Å². The van der Waals surface area contributed by atoms with Gasteiger partial charge in [0.05, 0.1) is 6.07 Å². The molecule has 1 aliphatic carbocycles. The van der Waals surface area contributed by atoms with Gasteiger partial charge in [-0.25, -0.2) is 9.98 Å². The first-order chi connectivity index (χ1) is 39.4. The number of unbranched alkanes of at least 4 members (excludes halogenated alkanes) is 6. The number of carbonyl (C=O) groups excluding carboxylic acids is 2. The van der Waals surface area contributed by atoms with Crippen LogP contribution in [-0.2, 0) is 0 Å². The maximum absolute atomic E-state index is 13.0. The molecule has 7 aromatic rings. The van der Waals surface area contributed by atoms with E-state index >= 15 is 0 Å². The number of fused-ring (bicyclic) bond motifs is 4. The monoisotopic (exact) mass is 1080 g/mol. The highest BCUT2D eigenvalue weighted by atomic mass is 16.5. The number of hydrogen-bond donors (Lipinski definition) is 4. The van der Waals surface area contributed by atoms with Gasteiger partial charge in [0, 0.05) is 97.4 Å². The number of aryl methyl sites for hydroxylation is 4. The molecule has 2 amide bonds. The lowest BCUT2D eigenvalue weighted by Crippen LogP contribution is -2.24. The average Bonchev–Trinajstić information content (AvgIpc) is 3.50. The Hall–Kier alpha value is -9.03. The fourth-order valence-corrected chi connectivity index (χ4v) is 10.4. The Balaban J connectivity index is 0.597. The van der Waals surface area contributed by atoms with Gasteiger partial charge in [-0.1, -0.05) is 86.3 Å². The van der Waals surface area contributed by atoms with Crippen LogP contribution in [0.15, 0.2) is 167 Å². The highest BCUT2D eigenvalue weighted by Crippen LogP contribution is 2.38. The Morgan fingerprint density at radius 1 is 0.568 bits per heavy atom. The maximum Gasteiger partial charge on any atom is 0.251 e. The Bertz CT molecular complexity index is 3860. The largest absolute Gasteiger partial charge is 0.453 e. The van der Waals surface area contributed by atoms with Crippen LogP contribution in [0.5, 0.6) is 11.5 Å². The molecule has 0 aromatic heterocycles. The van der Waals surface area contributed by atoms with E-state index in [-0.39, 0.29) is 11.8 Å². The molecule has 0 bridgehead atoms. The number of aromatic nitrogens is 1. The molecule has 10 rings (SSSR count). The SMILES string of the molecule is Cc1cc2c(cc1NCCCCCCNC(=O)c1ccc(-c3ccc(C(=O)NCCCCCCNc4cc5oc6cc(=[N+](C)c7ccccc7)c(C)cc-6nc5cc4C)cc3)cc1)Oc1c/c(=C/N(C)c3ccccc3)c(C)cc1=N2. The standard InChI is InChI=1S/C69H72N8O4/c1-46-37-59-64(41-54(46)45-76(5)55-21-13-11-14-22-55)80-65-42-57(47(2)38-60(65)74-59)70-33-17-7-9-19-35-72-68(78)52-29-25-50(26-30-52)51-27-31-53(32-28-51)69(79)73-36-20-10-8-18-34-71-58-43-66-61(39-48(58)3)75-62-40-49(4)63(44-67(62)81-66)77(6)56-23-15-12-16-24-56/h11-16,21-32,37-45,70H,7-10,17-20,33-36H2,1-6H3,(H2,72,73,78,79)/p+1/b54-45-. The van der Waals surface area contributed by atoms with Crippen molar-refractivity contribution in [3.63, 3.8) is 0 Å². The molecule has 0 saturated carbocycles. The minimum atomic E-state index is -0.0764. The average molecular weight is 1080 g/mol. The second kappa shape index (κ2) is 25.8. The summed E-state index contributed by atoms with van der Waals surface area (Å²) in [6.45, 7) is 11.3. The van der Waals surface area contributed by atoms with E-state index in [1.807, 2.05) is 84.9 Å². The van der Waals surface area contributed by atoms with Crippen molar-refractivity contribution in [2.24, 2.45) is 4.99 Å². The molecule has 412 valence electrons. The second-order valence-electron chi connectivity index (χ2n) is 21.3. The zero-order valence-electron chi connectivity index (χ0n) is 47.5. The molecule has 2 heterocycles. The Morgan fingerprint density at radius 3 is 1.75 bits per heavy atom. The van der Waals surface area contributed by atoms with Crippen molar-refractivity contribution in [1.29, 1.82) is 0 Å². The van der Waals surface area contributed by atoms with E-state index in [4.69, 9.17) is 19.1 Å². The van der Waals surface area contributed by atoms with Gasteiger partial charge in [-0.05, 0) is 153 Å². The van der Waals surface area contributed by atoms with Gasteiger partial charge in [0.1, 0.15) is 29.3 Å². The summed E-state index contributed by atoms with van der Waals surface area (Å²) in [6.07, 6.45) is 10.1. The number of benzene rings is 8. The van der Waals surface area contributed by atoms with Crippen molar-refractivity contribution in [1.82, 2.24) is 20.2 Å². The molecule has 7 aromatic carbocycles. The molecule has 81 heavy (non-hydrogen) atoms. The summed E-state index contributed by atoms with van der Waals surface area (Å²) in [5.74, 6) is 2.10. The lowest BCUT2D eigenvalue weighted by molar-refractivity contribution is 0.0944. The predicted molar refractivity (Wildman–Crippen MR) is 330 cm³/mol. The van der Waals surface area contributed by atoms with Crippen LogP contribution in [0.3, 0.4) is 0 Å². The fourth-order valence-electron chi connectivity index (χ4n) is 10.4. The number of hydrogen-bond acceptors (Lipinski definition) is 9. The number of nitrogens with one attached hydrogen (secondary N) is 4. The van der Waals surface area contributed by atoms with Crippen LogP contribution in [0.4, 0.5) is 28.4 Å². The lowest BCUT2D eigenvalue weighted by Gasteiger charge is -2.19. The minimum absolute atomic E-state index is 0.0762. The van der Waals surface area contributed by atoms with Crippen molar-refractivity contribution in [3.05, 3.63) is 207 Å². The first kappa shape index (κ1) is 55.3. The van der Waals surface area contributed by atoms with E-state index in [1.165, 1.54) is 0 Å². The molecule has 0 fully saturated rings. The topological polar surface area (TPSA) is 136 Å². The predicted octanol–water partition coefficient (Wildman–Crippen LogP) is 13.3. The van der Waals surface area contributed by atoms with Gasteiger partial charge in [0.25, 0.3) is 11.8 Å². The summed E-state index contributed by atoms with van der Waals surface area (Å²) in [7, 11) is 4.12. The number of anilines is 3. The van der Waals surface area contributed by atoms with Crippen molar-refractivity contribution >= 4 is 57.6 Å². The number of para-hydroxylation sites is 2. The van der Waals surface area contributed by atoms with Crippen LogP contribution in [0, 0.1) is 27.7 Å². The summed E-state index contributed by atoms with van der Waals surface area (Å²) < 4.78 is 15.1. The molecule has 2 aliphatic heterocycles. The number of amides is 2. The van der Waals surface area contributed by atoms with Crippen LogP contribution in [0.25, 0.3) is 39.9 Å². The second-order valence-corrected chi connectivity index (χ2v) is 21.3. The van der Waals surface area contributed by atoms with E-state index in [2.05, 4.69) is 152 Å². The molecular formula is C69H73N8O4+. The normalized spacial score (nSPS) is 12.2. The summed E-state index contributed by atoms with van der Waals surface area (Å²) in [5, 5.41) is 16.4. The Kier molecular flexibility index (Phi) is 17.6. The Morgan fingerprint density at radius 2 is 1.14 bits per heavy atom. The van der Waals surface area contributed by atoms with Gasteiger partial charge >= 0.3 is 0 Å². The number of carbonyl (C=O) groups is 2. The molecule has 0 spiro atoms. The summed E-state index contributed by atoms with van der Waals surface area (Å²) in [5.41, 5.74) is 15.3. The molecule has 0 saturated heterocycles. The third kappa shape index (κ3) is 13.7. The van der Waals surface area contributed by atoms with Crippen molar-refractivity contribution in [2.75, 3.05) is 55.8 Å². The number of rotatable bonds is 22. The number of ether oxygens (including phenoxy) is 1. The van der Waals surface area contributed by atoms with Gasteiger partial charge in [0.15, 0.2) is 22.8 Å². The zero-order valence-corrected chi connectivity index (χ0v) is 47.5. The highest BCUT2D eigenvalue weighted by Gasteiger charge is 2.19. The van der Waals surface area contributed by atoms with Crippen LogP contribution in [-0.4, -0.2) is 57.1 Å². The zero-order chi connectivity index (χ0) is 56.2. The minimum Gasteiger partial charge on any atom is -0.453 e. The van der Waals surface area contributed by atoms with Crippen LogP contribution >= 0.6 is 0 Å². The fraction of sp³-hybridized carbons (Fsp3) is 0.261. The summed E-state index contributed by atoms with van der Waals surface area (Å²) in [4.78, 5) is 38.0. The van der Waals surface area contributed by atoms with Gasteiger partial charge in [0.2, 0.25) is 11.0 Å².